The second-order valence-corrected chi connectivity index (χ2v) is 9.13. The van der Waals surface area contributed by atoms with Crippen LogP contribution in [0.3, 0.4) is 0 Å². The number of carbonyl (C=O) groups is 2. The average Bonchev–Trinajstić information content (AvgIpc) is 3.07. The van der Waals surface area contributed by atoms with Crippen molar-refractivity contribution in [1.82, 2.24) is 14.5 Å². The molecule has 0 atom stereocenters. The van der Waals surface area contributed by atoms with Crippen LogP contribution in [0.25, 0.3) is 16.6 Å². The van der Waals surface area contributed by atoms with E-state index in [0.29, 0.717) is 38.6 Å². The zero-order valence-corrected chi connectivity index (χ0v) is 20.1. The Kier molecular flexibility index (Phi) is 6.08. The maximum Gasteiger partial charge on any atom is 0.266 e. The molecular formula is C26H25N3O3S. The topological polar surface area (TPSA) is 84.8 Å². The van der Waals surface area contributed by atoms with Gasteiger partial charge < -0.3 is 4.98 Å². The molecule has 0 amide bonds. The molecule has 2 heterocycles. The minimum atomic E-state index is -0.168. The SMILES string of the molecule is CC(=O)c1c(C)[nH]c(C(=O)CSc2nc3ccccc3c(=O)n2-c2c(C)cccc2C)c1C. The maximum absolute atomic E-state index is 13.5. The van der Waals surface area contributed by atoms with E-state index in [1.165, 1.54) is 18.7 Å². The van der Waals surface area contributed by atoms with Crippen LogP contribution < -0.4 is 5.56 Å². The normalized spacial score (nSPS) is 11.2. The third-order valence-corrected chi connectivity index (χ3v) is 6.75. The van der Waals surface area contributed by atoms with Crippen molar-refractivity contribution in [2.24, 2.45) is 0 Å². The van der Waals surface area contributed by atoms with E-state index in [1.807, 2.05) is 44.2 Å². The molecule has 7 heteroatoms. The zero-order valence-electron chi connectivity index (χ0n) is 19.3. The first-order valence-electron chi connectivity index (χ1n) is 10.6. The quantitative estimate of drug-likeness (QED) is 0.246. The molecule has 2 aromatic heterocycles. The molecule has 0 aliphatic carbocycles. The summed E-state index contributed by atoms with van der Waals surface area (Å²) in [6, 6.07) is 13.1. The summed E-state index contributed by atoms with van der Waals surface area (Å²) in [7, 11) is 0. The first-order chi connectivity index (χ1) is 15.7. The van der Waals surface area contributed by atoms with Gasteiger partial charge in [-0.15, -0.1) is 0 Å². The number of carbonyl (C=O) groups excluding carboxylic acids is 2. The number of ketones is 2. The summed E-state index contributed by atoms with van der Waals surface area (Å²) in [5, 5.41) is 0.981. The van der Waals surface area contributed by atoms with Gasteiger partial charge in [-0.1, -0.05) is 42.1 Å². The van der Waals surface area contributed by atoms with Crippen molar-refractivity contribution in [3.8, 4) is 5.69 Å². The summed E-state index contributed by atoms with van der Waals surface area (Å²) >= 11 is 1.22. The Bertz CT molecular complexity index is 1460. The van der Waals surface area contributed by atoms with Crippen molar-refractivity contribution < 1.29 is 9.59 Å². The maximum atomic E-state index is 13.5. The highest BCUT2D eigenvalue weighted by Gasteiger charge is 2.22. The van der Waals surface area contributed by atoms with E-state index in [1.54, 1.807) is 30.5 Å². The van der Waals surface area contributed by atoms with Crippen LogP contribution in [-0.2, 0) is 0 Å². The van der Waals surface area contributed by atoms with E-state index in [-0.39, 0.29) is 22.9 Å². The molecule has 2 aromatic carbocycles. The number of aromatic amines is 1. The number of para-hydroxylation sites is 2. The van der Waals surface area contributed by atoms with Gasteiger partial charge >= 0.3 is 0 Å². The Morgan fingerprint density at radius 3 is 2.30 bits per heavy atom. The summed E-state index contributed by atoms with van der Waals surface area (Å²) in [6.07, 6.45) is 0. The highest BCUT2D eigenvalue weighted by atomic mass is 32.2. The van der Waals surface area contributed by atoms with Crippen LogP contribution in [-0.4, -0.2) is 31.9 Å². The molecule has 0 unspecified atom stereocenters. The number of nitrogens with one attached hydrogen (secondary N) is 1. The fraction of sp³-hybridized carbons (Fsp3) is 0.231. The first kappa shape index (κ1) is 22.7. The molecule has 0 spiro atoms. The second-order valence-electron chi connectivity index (χ2n) is 8.19. The fourth-order valence-corrected chi connectivity index (χ4v) is 5.19. The lowest BCUT2D eigenvalue weighted by Crippen LogP contribution is -2.23. The minimum Gasteiger partial charge on any atom is -0.355 e. The van der Waals surface area contributed by atoms with Crippen molar-refractivity contribution >= 4 is 34.2 Å². The summed E-state index contributed by atoms with van der Waals surface area (Å²) in [5.74, 6) is -0.148. The highest BCUT2D eigenvalue weighted by molar-refractivity contribution is 7.99. The largest absolute Gasteiger partial charge is 0.355 e. The number of Topliss-reactive ketones (excluding diaryl/α,β-unsaturated/α-hetero) is 2. The van der Waals surface area contributed by atoms with Gasteiger partial charge in [0.1, 0.15) is 0 Å². The summed E-state index contributed by atoms with van der Waals surface area (Å²) < 4.78 is 1.61. The fourth-order valence-electron chi connectivity index (χ4n) is 4.32. The van der Waals surface area contributed by atoms with Gasteiger partial charge in [0.2, 0.25) is 0 Å². The number of fused-ring (bicyclic) bond motifs is 1. The lowest BCUT2D eigenvalue weighted by molar-refractivity contribution is 0.101. The number of thioether (sulfide) groups is 1. The van der Waals surface area contributed by atoms with Crippen LogP contribution in [0.5, 0.6) is 0 Å². The van der Waals surface area contributed by atoms with Crippen LogP contribution in [0, 0.1) is 27.7 Å². The van der Waals surface area contributed by atoms with E-state index >= 15 is 0 Å². The molecule has 0 radical (unpaired) electrons. The summed E-state index contributed by atoms with van der Waals surface area (Å²) in [5.41, 5.74) is 5.42. The lowest BCUT2D eigenvalue weighted by atomic mass is 10.1. The lowest BCUT2D eigenvalue weighted by Gasteiger charge is -2.17. The van der Waals surface area contributed by atoms with Gasteiger partial charge in [-0.2, -0.15) is 0 Å². The molecule has 0 bridgehead atoms. The molecule has 6 nitrogen and oxygen atoms in total. The van der Waals surface area contributed by atoms with Crippen LogP contribution in [0.4, 0.5) is 0 Å². The second kappa shape index (κ2) is 8.83. The van der Waals surface area contributed by atoms with Crippen molar-refractivity contribution in [2.75, 3.05) is 5.75 Å². The van der Waals surface area contributed by atoms with E-state index in [2.05, 4.69) is 4.98 Å². The standard InChI is InChI=1S/C26H25N3O3S/c1-14-9-8-10-15(2)24(14)29-25(32)19-11-6-7-12-20(19)28-26(29)33-13-21(31)23-16(3)22(18(5)30)17(4)27-23/h6-12,27H,13H2,1-5H3. The van der Waals surface area contributed by atoms with Crippen LogP contribution in [0.2, 0.25) is 0 Å². The number of benzene rings is 2. The van der Waals surface area contributed by atoms with Crippen LogP contribution in [0.1, 0.15) is 50.2 Å². The molecule has 33 heavy (non-hydrogen) atoms. The van der Waals surface area contributed by atoms with E-state index in [0.717, 1.165) is 16.8 Å². The van der Waals surface area contributed by atoms with Gasteiger partial charge in [0.15, 0.2) is 16.7 Å². The Morgan fingerprint density at radius 1 is 1.00 bits per heavy atom. The third-order valence-electron chi connectivity index (χ3n) is 5.81. The van der Waals surface area contributed by atoms with Crippen molar-refractivity contribution in [2.45, 2.75) is 39.8 Å². The predicted molar refractivity (Wildman–Crippen MR) is 132 cm³/mol. The molecule has 0 saturated heterocycles. The van der Waals surface area contributed by atoms with Crippen molar-refractivity contribution in [3.63, 3.8) is 0 Å². The molecule has 1 N–H and O–H groups in total. The van der Waals surface area contributed by atoms with E-state index < -0.39 is 0 Å². The minimum absolute atomic E-state index is 0.0759. The van der Waals surface area contributed by atoms with Gasteiger partial charge in [0.05, 0.1) is 28.0 Å². The highest BCUT2D eigenvalue weighted by Crippen LogP contribution is 2.27. The van der Waals surface area contributed by atoms with E-state index in [4.69, 9.17) is 4.98 Å². The number of aryl methyl sites for hydroxylation is 3. The first-order valence-corrected chi connectivity index (χ1v) is 11.6. The molecule has 0 fully saturated rings. The van der Waals surface area contributed by atoms with Crippen LogP contribution in [0.15, 0.2) is 52.4 Å². The summed E-state index contributed by atoms with van der Waals surface area (Å²) in [4.78, 5) is 46.4. The molecule has 4 aromatic rings. The number of hydrogen-bond acceptors (Lipinski definition) is 5. The zero-order chi connectivity index (χ0) is 23.9. The molecule has 0 aliphatic heterocycles. The van der Waals surface area contributed by atoms with Crippen molar-refractivity contribution in [3.05, 3.63) is 86.5 Å². The number of hydrogen-bond donors (Lipinski definition) is 1. The Morgan fingerprint density at radius 2 is 1.67 bits per heavy atom. The Labute approximate surface area is 196 Å². The smallest absolute Gasteiger partial charge is 0.266 e. The van der Waals surface area contributed by atoms with E-state index in [9.17, 15) is 14.4 Å². The third kappa shape index (κ3) is 4.04. The summed E-state index contributed by atoms with van der Waals surface area (Å²) in [6.45, 7) is 8.97. The average molecular weight is 460 g/mol. The van der Waals surface area contributed by atoms with Gasteiger partial charge in [-0.3, -0.25) is 19.0 Å². The number of H-pyrrole nitrogens is 1. The number of nitrogens with zero attached hydrogens (tertiary/aromatic N) is 2. The Balaban J connectivity index is 1.80. The van der Waals surface area contributed by atoms with Gasteiger partial charge in [-0.05, 0) is 63.4 Å². The van der Waals surface area contributed by atoms with Gasteiger partial charge in [0.25, 0.3) is 5.56 Å². The molecule has 4 rings (SSSR count). The number of aromatic nitrogens is 3. The van der Waals surface area contributed by atoms with Crippen molar-refractivity contribution in [1.29, 1.82) is 0 Å². The number of rotatable bonds is 6. The molecule has 0 saturated carbocycles. The molecule has 168 valence electrons. The van der Waals surface area contributed by atoms with Gasteiger partial charge in [-0.25, -0.2) is 4.98 Å². The monoisotopic (exact) mass is 459 g/mol. The predicted octanol–water partition coefficient (Wildman–Crippen LogP) is 5.13. The Hall–Kier alpha value is -3.45. The van der Waals surface area contributed by atoms with Crippen LogP contribution >= 0.6 is 11.8 Å². The van der Waals surface area contributed by atoms with Gasteiger partial charge in [0, 0.05) is 11.3 Å². The molecule has 0 aliphatic rings. The molecular weight excluding hydrogens is 434 g/mol.